The summed E-state index contributed by atoms with van der Waals surface area (Å²) < 4.78 is 5.85. The number of rotatable bonds is 9. The smallest absolute Gasteiger partial charge is 0.119 e. The number of H-pyrrole nitrogens is 1. The van der Waals surface area contributed by atoms with E-state index in [9.17, 15) is 5.11 Å². The average Bonchev–Trinajstić information content (AvgIpc) is 3.10. The fourth-order valence-electron chi connectivity index (χ4n) is 3.83. The molecule has 1 aliphatic heterocycles. The summed E-state index contributed by atoms with van der Waals surface area (Å²) in [5, 5.41) is 17.6. The van der Waals surface area contributed by atoms with Crippen molar-refractivity contribution >= 4 is 0 Å². The lowest BCUT2D eigenvalue weighted by molar-refractivity contribution is 0.0240. The van der Waals surface area contributed by atoms with Crippen molar-refractivity contribution in [2.75, 3.05) is 26.3 Å². The number of hydrogen-bond donors (Lipinski definition) is 2. The summed E-state index contributed by atoms with van der Waals surface area (Å²) in [6.45, 7) is 8.25. The predicted octanol–water partition coefficient (Wildman–Crippen LogP) is 3.65. The zero-order chi connectivity index (χ0) is 19.1. The fourth-order valence-corrected chi connectivity index (χ4v) is 3.83. The lowest BCUT2D eigenvalue weighted by atomic mass is 9.76. The van der Waals surface area contributed by atoms with Crippen LogP contribution in [-0.2, 0) is 13.0 Å². The Morgan fingerprint density at radius 2 is 1.96 bits per heavy atom. The number of aromatic amines is 1. The Kier molecular flexibility index (Phi) is 6.91. The van der Waals surface area contributed by atoms with Gasteiger partial charge in [-0.15, -0.1) is 0 Å². The maximum atomic E-state index is 10.0. The first-order chi connectivity index (χ1) is 13.1. The van der Waals surface area contributed by atoms with E-state index in [1.54, 1.807) is 0 Å². The highest BCUT2D eigenvalue weighted by Gasteiger charge is 2.34. The standard InChI is InChI=1S/C22H33N3O2/c1-18(2)14-19-15-20(24-23-19)16-25-11-8-22(17-26,9-12-25)10-13-27-21-6-4-3-5-7-21/h3-7,15,18,26H,8-14,16-17H2,1-2H3,(H,23,24). The van der Waals surface area contributed by atoms with Crippen LogP contribution >= 0.6 is 0 Å². The number of ether oxygens (including phenoxy) is 1. The van der Waals surface area contributed by atoms with Gasteiger partial charge in [-0.3, -0.25) is 10.00 Å². The molecule has 148 valence electrons. The molecule has 2 heterocycles. The van der Waals surface area contributed by atoms with Crippen LogP contribution in [0.3, 0.4) is 0 Å². The van der Waals surface area contributed by atoms with Crippen LogP contribution in [0.4, 0.5) is 0 Å². The van der Waals surface area contributed by atoms with Gasteiger partial charge in [0.25, 0.3) is 0 Å². The number of benzene rings is 1. The van der Waals surface area contributed by atoms with Crippen LogP contribution < -0.4 is 4.74 Å². The number of nitrogens with zero attached hydrogens (tertiary/aromatic N) is 2. The molecule has 2 aromatic rings. The molecule has 1 aromatic carbocycles. The Labute approximate surface area is 162 Å². The first-order valence-electron chi connectivity index (χ1n) is 10.1. The molecule has 0 spiro atoms. The van der Waals surface area contributed by atoms with E-state index < -0.39 is 0 Å². The van der Waals surface area contributed by atoms with Crippen molar-refractivity contribution in [3.8, 4) is 5.75 Å². The number of aliphatic hydroxyl groups is 1. The van der Waals surface area contributed by atoms with Crippen molar-refractivity contribution in [3.05, 3.63) is 47.8 Å². The van der Waals surface area contributed by atoms with Gasteiger partial charge in [-0.1, -0.05) is 32.0 Å². The second-order valence-corrected chi connectivity index (χ2v) is 8.33. The Morgan fingerprint density at radius 3 is 2.63 bits per heavy atom. The van der Waals surface area contributed by atoms with Crippen LogP contribution in [0.25, 0.3) is 0 Å². The van der Waals surface area contributed by atoms with Crippen LogP contribution in [0, 0.1) is 11.3 Å². The van der Waals surface area contributed by atoms with E-state index in [2.05, 4.69) is 35.0 Å². The maximum Gasteiger partial charge on any atom is 0.119 e. The Hall–Kier alpha value is -1.85. The van der Waals surface area contributed by atoms with E-state index in [4.69, 9.17) is 4.74 Å². The van der Waals surface area contributed by atoms with Crippen molar-refractivity contribution < 1.29 is 9.84 Å². The van der Waals surface area contributed by atoms with Gasteiger partial charge in [0.2, 0.25) is 0 Å². The van der Waals surface area contributed by atoms with E-state index in [-0.39, 0.29) is 12.0 Å². The van der Waals surface area contributed by atoms with Crippen LogP contribution in [0.5, 0.6) is 5.75 Å². The number of para-hydroxylation sites is 1. The topological polar surface area (TPSA) is 61.4 Å². The molecular weight excluding hydrogens is 338 g/mol. The van der Waals surface area contributed by atoms with Crippen molar-refractivity contribution in [2.45, 2.75) is 46.1 Å². The normalized spacial score (nSPS) is 17.3. The van der Waals surface area contributed by atoms with Crippen LogP contribution in [0.1, 0.15) is 44.5 Å². The Bertz CT molecular complexity index is 676. The second-order valence-electron chi connectivity index (χ2n) is 8.33. The molecule has 1 saturated heterocycles. The number of likely N-dealkylation sites (tertiary alicyclic amines) is 1. The first kappa shape index (κ1) is 19.9. The molecule has 0 saturated carbocycles. The number of aliphatic hydroxyl groups excluding tert-OH is 1. The summed E-state index contributed by atoms with van der Waals surface area (Å²) >= 11 is 0. The number of hydrogen-bond acceptors (Lipinski definition) is 4. The third kappa shape index (κ3) is 5.81. The van der Waals surface area contributed by atoms with E-state index in [0.717, 1.165) is 56.8 Å². The summed E-state index contributed by atoms with van der Waals surface area (Å²) in [5.41, 5.74) is 2.33. The molecule has 0 unspecified atom stereocenters. The van der Waals surface area contributed by atoms with Gasteiger partial charge in [0, 0.05) is 18.8 Å². The molecule has 3 rings (SSSR count). The Morgan fingerprint density at radius 1 is 1.22 bits per heavy atom. The van der Waals surface area contributed by atoms with E-state index in [1.165, 1.54) is 5.69 Å². The monoisotopic (exact) mass is 371 g/mol. The molecule has 0 radical (unpaired) electrons. The van der Waals surface area contributed by atoms with Crippen LogP contribution in [-0.4, -0.2) is 46.5 Å². The number of nitrogens with one attached hydrogen (secondary N) is 1. The van der Waals surface area contributed by atoms with E-state index in [0.29, 0.717) is 12.5 Å². The lowest BCUT2D eigenvalue weighted by Gasteiger charge is -2.40. The fraction of sp³-hybridized carbons (Fsp3) is 0.591. The lowest BCUT2D eigenvalue weighted by Crippen LogP contribution is -2.42. The zero-order valence-electron chi connectivity index (χ0n) is 16.7. The first-order valence-corrected chi connectivity index (χ1v) is 10.1. The molecule has 5 heteroatoms. The molecule has 27 heavy (non-hydrogen) atoms. The van der Waals surface area contributed by atoms with Gasteiger partial charge < -0.3 is 9.84 Å². The molecule has 0 atom stereocenters. The highest BCUT2D eigenvalue weighted by atomic mass is 16.5. The average molecular weight is 372 g/mol. The maximum absolute atomic E-state index is 10.0. The van der Waals surface area contributed by atoms with Gasteiger partial charge in [-0.05, 0) is 68.3 Å². The largest absolute Gasteiger partial charge is 0.494 e. The number of aromatic nitrogens is 2. The third-order valence-electron chi connectivity index (χ3n) is 5.59. The highest BCUT2D eigenvalue weighted by Crippen LogP contribution is 2.35. The van der Waals surface area contributed by atoms with Gasteiger partial charge >= 0.3 is 0 Å². The summed E-state index contributed by atoms with van der Waals surface area (Å²) in [6.07, 6.45) is 3.93. The third-order valence-corrected chi connectivity index (χ3v) is 5.59. The minimum atomic E-state index is -0.0118. The zero-order valence-corrected chi connectivity index (χ0v) is 16.7. The molecule has 0 aliphatic carbocycles. The molecule has 1 aromatic heterocycles. The summed E-state index contributed by atoms with van der Waals surface area (Å²) in [5.74, 6) is 1.53. The molecule has 2 N–H and O–H groups in total. The SMILES string of the molecule is CC(C)Cc1cc(CN2CCC(CO)(CCOc3ccccc3)CC2)[nH]n1. The summed E-state index contributed by atoms with van der Waals surface area (Å²) in [7, 11) is 0. The minimum absolute atomic E-state index is 0.0118. The van der Waals surface area contributed by atoms with Gasteiger partial charge in [-0.25, -0.2) is 0 Å². The highest BCUT2D eigenvalue weighted by molar-refractivity contribution is 5.20. The summed E-state index contributed by atoms with van der Waals surface area (Å²) in [6, 6.07) is 12.1. The molecule has 1 fully saturated rings. The number of piperidine rings is 1. The van der Waals surface area contributed by atoms with Gasteiger partial charge in [0.05, 0.1) is 12.3 Å². The van der Waals surface area contributed by atoms with Gasteiger partial charge in [0.15, 0.2) is 0 Å². The predicted molar refractivity (Wildman–Crippen MR) is 108 cm³/mol. The second kappa shape index (κ2) is 9.38. The molecule has 0 amide bonds. The van der Waals surface area contributed by atoms with Gasteiger partial charge in [0.1, 0.15) is 5.75 Å². The van der Waals surface area contributed by atoms with Gasteiger partial charge in [-0.2, -0.15) is 5.10 Å². The van der Waals surface area contributed by atoms with E-state index >= 15 is 0 Å². The molecular formula is C22H33N3O2. The quantitative estimate of drug-likeness (QED) is 0.706. The van der Waals surface area contributed by atoms with Crippen LogP contribution in [0.15, 0.2) is 36.4 Å². The summed E-state index contributed by atoms with van der Waals surface area (Å²) in [4.78, 5) is 2.46. The van der Waals surface area contributed by atoms with Crippen molar-refractivity contribution in [3.63, 3.8) is 0 Å². The molecule has 0 bridgehead atoms. The minimum Gasteiger partial charge on any atom is -0.494 e. The Balaban J connectivity index is 1.45. The van der Waals surface area contributed by atoms with Crippen molar-refractivity contribution in [1.82, 2.24) is 15.1 Å². The molecule has 1 aliphatic rings. The van der Waals surface area contributed by atoms with Crippen molar-refractivity contribution in [2.24, 2.45) is 11.3 Å². The van der Waals surface area contributed by atoms with Crippen LogP contribution in [0.2, 0.25) is 0 Å². The van der Waals surface area contributed by atoms with E-state index in [1.807, 2.05) is 30.3 Å². The molecule has 5 nitrogen and oxygen atoms in total. The van der Waals surface area contributed by atoms with Crippen molar-refractivity contribution in [1.29, 1.82) is 0 Å².